The summed E-state index contributed by atoms with van der Waals surface area (Å²) < 4.78 is 6.97. The molecule has 1 aromatic rings. The molecule has 1 unspecified atom stereocenters. The van der Waals surface area contributed by atoms with Crippen molar-refractivity contribution in [1.29, 1.82) is 0 Å². The van der Waals surface area contributed by atoms with Gasteiger partial charge in [-0.25, -0.2) is 0 Å². The first-order valence-corrected chi connectivity index (χ1v) is 4.61. The second-order valence-corrected chi connectivity index (χ2v) is 3.36. The summed E-state index contributed by atoms with van der Waals surface area (Å²) in [5.74, 6) is 0.894. The Hall–Kier alpha value is -1.30. The first-order chi connectivity index (χ1) is 6.63. The number of ether oxygens (including phenoxy) is 1. The molecule has 1 aliphatic rings. The van der Waals surface area contributed by atoms with E-state index in [1.807, 2.05) is 0 Å². The lowest BCUT2D eigenvalue weighted by Crippen LogP contribution is -2.16. The summed E-state index contributed by atoms with van der Waals surface area (Å²) in [5, 5.41) is 10.6. The summed E-state index contributed by atoms with van der Waals surface area (Å²) in [6.07, 6.45) is -0.188. The fraction of sp³-hybridized carbons (Fsp3) is 0.571. The first-order valence-electron chi connectivity index (χ1n) is 4.07. The Morgan fingerprint density at radius 2 is 2.57 bits per heavy atom. The number of aryl methyl sites for hydroxylation is 1. The Morgan fingerprint density at radius 1 is 1.86 bits per heavy atom. The Bertz CT molecular complexity index is 390. The van der Waals surface area contributed by atoms with E-state index in [0.717, 1.165) is 0 Å². The van der Waals surface area contributed by atoms with E-state index in [0.29, 0.717) is 18.2 Å². The minimum atomic E-state index is -0.546. The van der Waals surface area contributed by atoms with Gasteiger partial charge in [0.25, 0.3) is 5.88 Å². The molecule has 76 valence electrons. The van der Waals surface area contributed by atoms with E-state index in [9.17, 15) is 10.1 Å². The molecule has 1 aliphatic heterocycles. The number of hydrogen-bond donors (Lipinski definition) is 0. The highest BCUT2D eigenvalue weighted by molar-refractivity contribution is 6.18. The summed E-state index contributed by atoms with van der Waals surface area (Å²) >= 11 is 5.61. The standard InChI is InChI=1S/C7H8ClN3O3/c1-4-9-6(11(12)13)7-10(4)3-5(2-8)14-7/h5H,2-3H2,1H3. The summed E-state index contributed by atoms with van der Waals surface area (Å²) in [6, 6.07) is 0. The van der Waals surface area contributed by atoms with Crippen LogP contribution in [0.5, 0.6) is 5.88 Å². The summed E-state index contributed by atoms with van der Waals surface area (Å²) in [7, 11) is 0. The van der Waals surface area contributed by atoms with E-state index >= 15 is 0 Å². The van der Waals surface area contributed by atoms with Gasteiger partial charge < -0.3 is 14.9 Å². The van der Waals surface area contributed by atoms with Crippen molar-refractivity contribution in [2.75, 3.05) is 5.88 Å². The van der Waals surface area contributed by atoms with Gasteiger partial charge in [0.1, 0.15) is 6.10 Å². The molecule has 2 heterocycles. The smallest absolute Gasteiger partial charge is 0.426 e. The van der Waals surface area contributed by atoms with Gasteiger partial charge in [-0.1, -0.05) is 0 Å². The lowest BCUT2D eigenvalue weighted by Gasteiger charge is -2.02. The molecule has 14 heavy (non-hydrogen) atoms. The third-order valence-electron chi connectivity index (χ3n) is 2.10. The van der Waals surface area contributed by atoms with Crippen molar-refractivity contribution in [3.63, 3.8) is 0 Å². The van der Waals surface area contributed by atoms with Crippen LogP contribution in [0.3, 0.4) is 0 Å². The van der Waals surface area contributed by atoms with Gasteiger partial charge in [0.15, 0.2) is 0 Å². The third-order valence-corrected chi connectivity index (χ3v) is 2.45. The number of imidazole rings is 1. The van der Waals surface area contributed by atoms with Gasteiger partial charge in [0.2, 0.25) is 5.82 Å². The predicted octanol–water partition coefficient (Wildman–Crippen LogP) is 1.10. The summed E-state index contributed by atoms with van der Waals surface area (Å²) in [6.45, 7) is 2.24. The van der Waals surface area contributed by atoms with E-state index in [1.165, 1.54) is 0 Å². The largest absolute Gasteiger partial charge is 0.466 e. The fourth-order valence-electron chi connectivity index (χ4n) is 1.46. The van der Waals surface area contributed by atoms with Crippen LogP contribution in [0.25, 0.3) is 0 Å². The van der Waals surface area contributed by atoms with E-state index in [-0.39, 0.29) is 17.8 Å². The van der Waals surface area contributed by atoms with Gasteiger partial charge in [-0.05, 0) is 9.91 Å². The molecule has 0 bridgehead atoms. The van der Waals surface area contributed by atoms with E-state index in [1.54, 1.807) is 11.5 Å². The normalized spacial score (nSPS) is 19.1. The maximum Gasteiger partial charge on any atom is 0.426 e. The molecule has 6 nitrogen and oxygen atoms in total. The highest BCUT2D eigenvalue weighted by Crippen LogP contribution is 2.33. The van der Waals surface area contributed by atoms with E-state index in [4.69, 9.17) is 16.3 Å². The predicted molar refractivity (Wildman–Crippen MR) is 48.8 cm³/mol. The number of aromatic nitrogens is 2. The van der Waals surface area contributed by atoms with Crippen molar-refractivity contribution in [3.05, 3.63) is 15.9 Å². The van der Waals surface area contributed by atoms with Crippen molar-refractivity contribution in [3.8, 4) is 5.88 Å². The molecule has 0 N–H and O–H groups in total. The molecule has 0 aromatic carbocycles. The monoisotopic (exact) mass is 217 g/mol. The third kappa shape index (κ3) is 1.22. The number of hydrogen-bond acceptors (Lipinski definition) is 4. The van der Waals surface area contributed by atoms with Crippen LogP contribution < -0.4 is 4.74 Å². The van der Waals surface area contributed by atoms with Gasteiger partial charge >= 0.3 is 5.82 Å². The topological polar surface area (TPSA) is 70.2 Å². The second-order valence-electron chi connectivity index (χ2n) is 3.05. The van der Waals surface area contributed by atoms with Gasteiger partial charge in [-0.15, -0.1) is 11.6 Å². The molecule has 0 amide bonds. The SMILES string of the molecule is Cc1nc([N+](=O)[O-])c2n1CC(CCl)O2. The van der Waals surface area contributed by atoms with Gasteiger partial charge in [-0.2, -0.15) is 0 Å². The van der Waals surface area contributed by atoms with Crippen molar-refractivity contribution in [2.24, 2.45) is 0 Å². The average Bonchev–Trinajstić information content (AvgIpc) is 2.66. The average molecular weight is 218 g/mol. The number of halogens is 1. The molecule has 0 fully saturated rings. The van der Waals surface area contributed by atoms with E-state index in [2.05, 4.69) is 4.98 Å². The minimum Gasteiger partial charge on any atom is -0.466 e. The van der Waals surface area contributed by atoms with Crippen LogP contribution in [0.4, 0.5) is 5.82 Å². The zero-order valence-corrected chi connectivity index (χ0v) is 8.19. The molecule has 0 spiro atoms. The fourth-order valence-corrected chi connectivity index (χ4v) is 1.62. The van der Waals surface area contributed by atoms with Crippen molar-refractivity contribution in [1.82, 2.24) is 9.55 Å². The Kier molecular flexibility index (Phi) is 2.07. The quantitative estimate of drug-likeness (QED) is 0.423. The molecule has 1 atom stereocenters. The van der Waals surface area contributed by atoms with Crippen molar-refractivity contribution >= 4 is 17.4 Å². The van der Waals surface area contributed by atoms with Crippen LogP contribution >= 0.6 is 11.6 Å². The molecule has 0 aliphatic carbocycles. The van der Waals surface area contributed by atoms with Crippen LogP contribution in [0, 0.1) is 17.0 Å². The molecule has 0 radical (unpaired) electrons. The number of fused-ring (bicyclic) bond motifs is 1. The van der Waals surface area contributed by atoms with Crippen molar-refractivity contribution in [2.45, 2.75) is 19.6 Å². The van der Waals surface area contributed by atoms with Crippen LogP contribution in [0.1, 0.15) is 5.82 Å². The first kappa shape index (κ1) is 9.26. The van der Waals surface area contributed by atoms with E-state index < -0.39 is 4.92 Å². The Labute approximate surface area is 84.6 Å². The highest BCUT2D eigenvalue weighted by Gasteiger charge is 2.35. The number of alkyl halides is 1. The van der Waals surface area contributed by atoms with Crippen molar-refractivity contribution < 1.29 is 9.66 Å². The Morgan fingerprint density at radius 3 is 3.14 bits per heavy atom. The number of nitro groups is 1. The second kappa shape index (κ2) is 3.13. The number of rotatable bonds is 2. The number of nitrogens with zero attached hydrogens (tertiary/aromatic N) is 3. The molecular weight excluding hydrogens is 210 g/mol. The molecule has 2 rings (SSSR count). The minimum absolute atomic E-state index is 0.188. The highest BCUT2D eigenvalue weighted by atomic mass is 35.5. The van der Waals surface area contributed by atoms with Crippen LogP contribution in [0.15, 0.2) is 0 Å². The molecule has 0 saturated carbocycles. The lowest BCUT2D eigenvalue weighted by molar-refractivity contribution is -0.390. The summed E-state index contributed by atoms with van der Waals surface area (Å²) in [5.41, 5.74) is 0. The van der Waals surface area contributed by atoms with Gasteiger partial charge in [0.05, 0.1) is 12.4 Å². The maximum atomic E-state index is 10.6. The zero-order valence-electron chi connectivity index (χ0n) is 7.44. The van der Waals surface area contributed by atoms with Crippen LogP contribution in [-0.4, -0.2) is 26.5 Å². The molecular formula is C7H8ClN3O3. The van der Waals surface area contributed by atoms with Crippen LogP contribution in [-0.2, 0) is 6.54 Å². The Balaban J connectivity index is 2.42. The molecule has 0 saturated heterocycles. The lowest BCUT2D eigenvalue weighted by atomic mass is 10.4. The maximum absolute atomic E-state index is 10.6. The van der Waals surface area contributed by atoms with Gasteiger partial charge in [0, 0.05) is 6.92 Å². The van der Waals surface area contributed by atoms with Gasteiger partial charge in [-0.3, -0.25) is 4.57 Å². The molecule has 1 aromatic heterocycles. The zero-order chi connectivity index (χ0) is 10.3. The molecule has 7 heteroatoms. The summed E-state index contributed by atoms with van der Waals surface area (Å²) in [4.78, 5) is 13.8. The van der Waals surface area contributed by atoms with Crippen LogP contribution in [0.2, 0.25) is 0 Å².